The van der Waals surface area contributed by atoms with Crippen molar-refractivity contribution in [2.45, 2.75) is 13.0 Å². The lowest BCUT2D eigenvalue weighted by molar-refractivity contribution is -0.120. The number of carbonyl (C=O) groups excluding carboxylic acids is 2. The summed E-state index contributed by atoms with van der Waals surface area (Å²) < 4.78 is 0. The van der Waals surface area contributed by atoms with Crippen molar-refractivity contribution in [3.63, 3.8) is 0 Å². The highest BCUT2D eigenvalue weighted by Crippen LogP contribution is 2.10. The van der Waals surface area contributed by atoms with Crippen LogP contribution in [0.25, 0.3) is 6.08 Å². The zero-order chi connectivity index (χ0) is 17.2. The first-order chi connectivity index (χ1) is 11.7. The molecule has 0 spiro atoms. The number of carbonyl (C=O) groups is 2. The van der Waals surface area contributed by atoms with Crippen LogP contribution >= 0.6 is 0 Å². The summed E-state index contributed by atoms with van der Waals surface area (Å²) in [7, 11) is 0. The second-order valence-electron chi connectivity index (χ2n) is 5.04. The quantitative estimate of drug-likeness (QED) is 0.803. The average molecular weight is 319 g/mol. The summed E-state index contributed by atoms with van der Waals surface area (Å²) in [6.07, 6.45) is 3.07. The fraction of sp³-hybridized carbons (Fsp3) is 0.105. The molecule has 0 fully saturated rings. The van der Waals surface area contributed by atoms with E-state index in [-0.39, 0.29) is 18.2 Å². The molecule has 120 valence electrons. The Morgan fingerprint density at radius 1 is 1.04 bits per heavy atom. The van der Waals surface area contributed by atoms with Crippen molar-refractivity contribution in [1.82, 2.24) is 5.32 Å². The van der Waals surface area contributed by atoms with Crippen LogP contribution in [0.15, 0.2) is 60.7 Å². The summed E-state index contributed by atoms with van der Waals surface area (Å²) in [4.78, 5) is 23.1. The summed E-state index contributed by atoms with van der Waals surface area (Å²) in [6, 6.07) is 18.5. The third-order valence-electron chi connectivity index (χ3n) is 3.18. The maximum atomic E-state index is 11.9. The van der Waals surface area contributed by atoms with Gasteiger partial charge in [-0.25, -0.2) is 0 Å². The first-order valence-electron chi connectivity index (χ1n) is 7.44. The van der Waals surface area contributed by atoms with Gasteiger partial charge in [0.05, 0.1) is 6.07 Å². The molecule has 0 heterocycles. The summed E-state index contributed by atoms with van der Waals surface area (Å²) in [5.74, 6) is -0.519. The van der Waals surface area contributed by atoms with Gasteiger partial charge in [0.2, 0.25) is 11.8 Å². The SMILES string of the molecule is N#CCC(=O)NCc1ccc(NC(=O)/C=C/c2ccccc2)cc1. The molecule has 0 aliphatic heterocycles. The van der Waals surface area contributed by atoms with Crippen molar-refractivity contribution in [3.05, 3.63) is 71.8 Å². The highest BCUT2D eigenvalue weighted by atomic mass is 16.2. The lowest BCUT2D eigenvalue weighted by Gasteiger charge is -2.06. The first-order valence-corrected chi connectivity index (χ1v) is 7.44. The second-order valence-corrected chi connectivity index (χ2v) is 5.04. The van der Waals surface area contributed by atoms with Gasteiger partial charge in [-0.2, -0.15) is 5.26 Å². The molecule has 0 atom stereocenters. The van der Waals surface area contributed by atoms with E-state index in [4.69, 9.17) is 5.26 Å². The Morgan fingerprint density at radius 3 is 2.42 bits per heavy atom. The molecule has 0 aliphatic carbocycles. The molecular weight excluding hydrogens is 302 g/mol. The number of anilines is 1. The molecular formula is C19H17N3O2. The molecule has 2 aromatic rings. The molecule has 0 radical (unpaired) electrons. The molecule has 2 N–H and O–H groups in total. The maximum absolute atomic E-state index is 11.9. The summed E-state index contributed by atoms with van der Waals surface area (Å²) in [5, 5.41) is 13.8. The van der Waals surface area contributed by atoms with E-state index in [2.05, 4.69) is 10.6 Å². The number of hydrogen-bond donors (Lipinski definition) is 2. The van der Waals surface area contributed by atoms with Gasteiger partial charge in [-0.1, -0.05) is 42.5 Å². The van der Waals surface area contributed by atoms with E-state index in [1.165, 1.54) is 6.08 Å². The Hall–Kier alpha value is -3.39. The lowest BCUT2D eigenvalue weighted by Crippen LogP contribution is -2.21. The molecule has 2 rings (SSSR count). The van der Waals surface area contributed by atoms with Gasteiger partial charge in [0.15, 0.2) is 0 Å². The minimum atomic E-state index is -0.305. The Kier molecular flexibility index (Phi) is 6.30. The number of nitrogens with zero attached hydrogens (tertiary/aromatic N) is 1. The maximum Gasteiger partial charge on any atom is 0.248 e. The fourth-order valence-corrected chi connectivity index (χ4v) is 1.96. The third kappa shape index (κ3) is 5.78. The van der Waals surface area contributed by atoms with Crippen LogP contribution in [0.4, 0.5) is 5.69 Å². The van der Waals surface area contributed by atoms with E-state index in [1.54, 1.807) is 24.3 Å². The zero-order valence-corrected chi connectivity index (χ0v) is 13.0. The third-order valence-corrected chi connectivity index (χ3v) is 3.18. The highest BCUT2D eigenvalue weighted by Gasteiger charge is 2.01. The van der Waals surface area contributed by atoms with E-state index in [0.29, 0.717) is 12.2 Å². The van der Waals surface area contributed by atoms with Crippen LogP contribution in [0.3, 0.4) is 0 Å². The number of nitriles is 1. The van der Waals surface area contributed by atoms with Crippen LogP contribution in [0.1, 0.15) is 17.5 Å². The van der Waals surface area contributed by atoms with Crippen LogP contribution < -0.4 is 10.6 Å². The van der Waals surface area contributed by atoms with E-state index in [0.717, 1.165) is 11.1 Å². The van der Waals surface area contributed by atoms with Gasteiger partial charge in [-0.3, -0.25) is 9.59 Å². The predicted molar refractivity (Wildman–Crippen MR) is 92.6 cm³/mol. The molecule has 24 heavy (non-hydrogen) atoms. The van der Waals surface area contributed by atoms with Gasteiger partial charge in [-0.05, 0) is 29.3 Å². The van der Waals surface area contributed by atoms with Gasteiger partial charge in [0.25, 0.3) is 0 Å². The molecule has 2 aromatic carbocycles. The van der Waals surface area contributed by atoms with Crippen molar-refractivity contribution >= 4 is 23.6 Å². The number of amides is 2. The van der Waals surface area contributed by atoms with E-state index >= 15 is 0 Å². The van der Waals surface area contributed by atoms with Crippen molar-refractivity contribution in [2.75, 3.05) is 5.32 Å². The highest BCUT2D eigenvalue weighted by molar-refractivity contribution is 6.01. The zero-order valence-electron chi connectivity index (χ0n) is 13.0. The largest absolute Gasteiger partial charge is 0.351 e. The molecule has 0 saturated carbocycles. The number of nitrogens with one attached hydrogen (secondary N) is 2. The first kappa shape index (κ1) is 17.0. The van der Waals surface area contributed by atoms with Crippen molar-refractivity contribution in [1.29, 1.82) is 5.26 Å². The lowest BCUT2D eigenvalue weighted by atomic mass is 10.2. The van der Waals surface area contributed by atoms with Crippen LogP contribution in [-0.2, 0) is 16.1 Å². The van der Waals surface area contributed by atoms with E-state index in [1.807, 2.05) is 42.5 Å². The Balaban J connectivity index is 1.85. The number of rotatable bonds is 6. The van der Waals surface area contributed by atoms with Gasteiger partial charge >= 0.3 is 0 Å². The minimum absolute atomic E-state index is 0.151. The van der Waals surface area contributed by atoms with Gasteiger partial charge in [0, 0.05) is 18.3 Å². The van der Waals surface area contributed by atoms with Crippen molar-refractivity contribution in [2.24, 2.45) is 0 Å². The Labute approximate surface area is 140 Å². The molecule has 5 nitrogen and oxygen atoms in total. The number of hydrogen-bond acceptors (Lipinski definition) is 3. The van der Waals surface area contributed by atoms with E-state index in [9.17, 15) is 9.59 Å². The summed E-state index contributed by atoms with van der Waals surface area (Å²) in [6.45, 7) is 0.350. The summed E-state index contributed by atoms with van der Waals surface area (Å²) in [5.41, 5.74) is 2.51. The molecule has 0 aromatic heterocycles. The minimum Gasteiger partial charge on any atom is -0.351 e. The molecule has 2 amide bonds. The van der Waals surface area contributed by atoms with Gasteiger partial charge in [-0.15, -0.1) is 0 Å². The normalized spacial score (nSPS) is 10.1. The van der Waals surface area contributed by atoms with Crippen molar-refractivity contribution in [3.8, 4) is 6.07 Å². The van der Waals surface area contributed by atoms with Crippen LogP contribution in [0.5, 0.6) is 0 Å². The summed E-state index contributed by atoms with van der Waals surface area (Å²) >= 11 is 0. The Bertz CT molecular complexity index is 759. The van der Waals surface area contributed by atoms with Crippen molar-refractivity contribution < 1.29 is 9.59 Å². The van der Waals surface area contributed by atoms with Crippen LogP contribution in [0, 0.1) is 11.3 Å². The average Bonchev–Trinajstić information content (AvgIpc) is 2.60. The Morgan fingerprint density at radius 2 is 1.75 bits per heavy atom. The topological polar surface area (TPSA) is 82.0 Å². The van der Waals surface area contributed by atoms with Crippen LogP contribution in [0.2, 0.25) is 0 Å². The molecule has 5 heteroatoms. The van der Waals surface area contributed by atoms with E-state index < -0.39 is 0 Å². The molecule has 0 bridgehead atoms. The molecule has 0 saturated heterocycles. The second kappa shape index (κ2) is 8.91. The standard InChI is InChI=1S/C19H17N3O2/c20-13-12-18(23)21-14-16-6-9-17(10-7-16)22-19(24)11-8-15-4-2-1-3-5-15/h1-11H,12,14H2,(H,21,23)(H,22,24)/b11-8+. The van der Waals surface area contributed by atoms with Crippen LogP contribution in [-0.4, -0.2) is 11.8 Å². The predicted octanol–water partition coefficient (Wildman–Crippen LogP) is 2.87. The monoisotopic (exact) mass is 319 g/mol. The van der Waals surface area contributed by atoms with Gasteiger partial charge < -0.3 is 10.6 Å². The fourth-order valence-electron chi connectivity index (χ4n) is 1.96. The smallest absolute Gasteiger partial charge is 0.248 e. The molecule has 0 aliphatic rings. The number of benzene rings is 2. The molecule has 0 unspecified atom stereocenters. The van der Waals surface area contributed by atoms with Gasteiger partial charge in [0.1, 0.15) is 6.42 Å².